The van der Waals surface area contributed by atoms with Crippen molar-refractivity contribution in [3.8, 4) is 0 Å². The Morgan fingerprint density at radius 2 is 1.55 bits per heavy atom. The molecular weight excluding hydrogens is 256 g/mol. The standard InChI is InChI=1S/C15H22N2O3/c1-11(2)10-15(20)17-13-7-5-12(6-8-13)16-14(19)4-3-9-18/h5-8,11,18H,3-4,9-10H2,1-2H3,(H,16,19)(H,17,20). The van der Waals surface area contributed by atoms with E-state index in [1.54, 1.807) is 24.3 Å². The molecule has 3 N–H and O–H groups in total. The predicted octanol–water partition coefficient (Wildman–Crippen LogP) is 2.38. The van der Waals surface area contributed by atoms with E-state index >= 15 is 0 Å². The molecule has 0 saturated heterocycles. The normalized spacial score (nSPS) is 10.4. The Morgan fingerprint density at radius 1 is 1.05 bits per heavy atom. The second-order valence-electron chi connectivity index (χ2n) is 5.10. The largest absolute Gasteiger partial charge is 0.396 e. The zero-order valence-electron chi connectivity index (χ0n) is 12.0. The summed E-state index contributed by atoms with van der Waals surface area (Å²) in [5.74, 6) is 0.176. The molecule has 1 aromatic carbocycles. The minimum atomic E-state index is -0.129. The van der Waals surface area contributed by atoms with Crippen LogP contribution in [0.2, 0.25) is 0 Å². The Morgan fingerprint density at radius 3 is 2.00 bits per heavy atom. The number of carbonyl (C=O) groups is 2. The lowest BCUT2D eigenvalue weighted by Gasteiger charge is -2.09. The highest BCUT2D eigenvalue weighted by Gasteiger charge is 2.06. The number of hydrogen-bond acceptors (Lipinski definition) is 3. The van der Waals surface area contributed by atoms with Crippen LogP contribution in [0, 0.1) is 5.92 Å². The zero-order chi connectivity index (χ0) is 15.0. The van der Waals surface area contributed by atoms with Crippen LogP contribution in [0.15, 0.2) is 24.3 Å². The van der Waals surface area contributed by atoms with Crippen LogP contribution in [0.4, 0.5) is 11.4 Å². The number of amides is 2. The van der Waals surface area contributed by atoms with Crippen molar-refractivity contribution in [1.82, 2.24) is 0 Å². The van der Waals surface area contributed by atoms with E-state index in [1.165, 1.54) is 0 Å². The lowest BCUT2D eigenvalue weighted by Crippen LogP contribution is -2.14. The Kier molecular flexibility index (Phi) is 6.73. The highest BCUT2D eigenvalue weighted by molar-refractivity contribution is 5.92. The van der Waals surface area contributed by atoms with Crippen LogP contribution < -0.4 is 10.6 Å². The van der Waals surface area contributed by atoms with Crippen molar-refractivity contribution in [2.45, 2.75) is 33.1 Å². The summed E-state index contributed by atoms with van der Waals surface area (Å²) in [6, 6.07) is 6.98. The van der Waals surface area contributed by atoms with Crippen molar-refractivity contribution in [1.29, 1.82) is 0 Å². The number of benzene rings is 1. The fourth-order valence-electron chi connectivity index (χ4n) is 1.68. The minimum absolute atomic E-state index is 0.00818. The molecule has 0 unspecified atom stereocenters. The maximum Gasteiger partial charge on any atom is 0.224 e. The van der Waals surface area contributed by atoms with Gasteiger partial charge in [0.15, 0.2) is 0 Å². The third kappa shape index (κ3) is 6.33. The third-order valence-electron chi connectivity index (χ3n) is 2.61. The van der Waals surface area contributed by atoms with Crippen LogP contribution in [-0.2, 0) is 9.59 Å². The number of carbonyl (C=O) groups excluding carboxylic acids is 2. The van der Waals surface area contributed by atoms with E-state index < -0.39 is 0 Å². The lowest BCUT2D eigenvalue weighted by atomic mass is 10.1. The highest BCUT2D eigenvalue weighted by atomic mass is 16.3. The molecular formula is C15H22N2O3. The van der Waals surface area contributed by atoms with Crippen molar-refractivity contribution in [2.75, 3.05) is 17.2 Å². The van der Waals surface area contributed by atoms with Gasteiger partial charge in [-0.05, 0) is 36.6 Å². The molecule has 0 aliphatic heterocycles. The number of rotatable bonds is 7. The molecule has 0 aromatic heterocycles. The van der Waals surface area contributed by atoms with Crippen molar-refractivity contribution in [2.24, 2.45) is 5.92 Å². The molecule has 0 heterocycles. The molecule has 0 bridgehead atoms. The molecule has 2 amide bonds. The number of aliphatic hydroxyl groups excluding tert-OH is 1. The molecule has 0 atom stereocenters. The summed E-state index contributed by atoms with van der Waals surface area (Å²) >= 11 is 0. The van der Waals surface area contributed by atoms with Crippen LogP contribution in [0.3, 0.4) is 0 Å². The summed E-state index contributed by atoms with van der Waals surface area (Å²) in [5.41, 5.74) is 1.39. The summed E-state index contributed by atoms with van der Waals surface area (Å²) in [6.07, 6.45) is 1.23. The first-order valence-corrected chi connectivity index (χ1v) is 6.82. The van der Waals surface area contributed by atoms with E-state index in [9.17, 15) is 9.59 Å². The molecule has 0 fully saturated rings. The minimum Gasteiger partial charge on any atom is -0.396 e. The van der Waals surface area contributed by atoms with E-state index in [4.69, 9.17) is 5.11 Å². The third-order valence-corrected chi connectivity index (χ3v) is 2.61. The van der Waals surface area contributed by atoms with Gasteiger partial charge in [0.05, 0.1) is 0 Å². The van der Waals surface area contributed by atoms with Gasteiger partial charge in [-0.3, -0.25) is 9.59 Å². The topological polar surface area (TPSA) is 78.4 Å². The van der Waals surface area contributed by atoms with Crippen LogP contribution >= 0.6 is 0 Å². The molecule has 110 valence electrons. The maximum absolute atomic E-state index is 11.6. The average Bonchev–Trinajstić information content (AvgIpc) is 2.37. The highest BCUT2D eigenvalue weighted by Crippen LogP contribution is 2.14. The molecule has 1 rings (SSSR count). The second kappa shape index (κ2) is 8.32. The van der Waals surface area contributed by atoms with Gasteiger partial charge >= 0.3 is 0 Å². The Labute approximate surface area is 119 Å². The van der Waals surface area contributed by atoms with Crippen molar-refractivity contribution < 1.29 is 14.7 Å². The van der Waals surface area contributed by atoms with E-state index in [2.05, 4.69) is 10.6 Å². The fourth-order valence-corrected chi connectivity index (χ4v) is 1.68. The first-order chi connectivity index (χ1) is 9.51. The Hall–Kier alpha value is -1.88. The summed E-state index contributed by atoms with van der Waals surface area (Å²) < 4.78 is 0. The van der Waals surface area contributed by atoms with Crippen LogP contribution in [0.1, 0.15) is 33.1 Å². The molecule has 5 nitrogen and oxygen atoms in total. The lowest BCUT2D eigenvalue weighted by molar-refractivity contribution is -0.117. The van der Waals surface area contributed by atoms with Gasteiger partial charge < -0.3 is 15.7 Å². The molecule has 5 heteroatoms. The maximum atomic E-state index is 11.6. The average molecular weight is 278 g/mol. The van der Waals surface area contributed by atoms with Crippen molar-refractivity contribution in [3.05, 3.63) is 24.3 Å². The summed E-state index contributed by atoms with van der Waals surface area (Å²) in [4.78, 5) is 23.1. The Balaban J connectivity index is 2.47. The summed E-state index contributed by atoms with van der Waals surface area (Å²) in [7, 11) is 0. The second-order valence-corrected chi connectivity index (χ2v) is 5.10. The van der Waals surface area contributed by atoms with Gasteiger partial charge in [-0.1, -0.05) is 13.8 Å². The number of anilines is 2. The van der Waals surface area contributed by atoms with Crippen LogP contribution in [-0.4, -0.2) is 23.5 Å². The van der Waals surface area contributed by atoms with E-state index in [0.717, 1.165) is 0 Å². The fraction of sp³-hybridized carbons (Fsp3) is 0.467. The number of hydrogen-bond donors (Lipinski definition) is 3. The van der Waals surface area contributed by atoms with Gasteiger partial charge in [0, 0.05) is 30.8 Å². The summed E-state index contributed by atoms with van der Waals surface area (Å²) in [6.45, 7) is 3.99. The van der Waals surface area contributed by atoms with Gasteiger partial charge in [-0.2, -0.15) is 0 Å². The van der Waals surface area contributed by atoms with E-state index in [-0.39, 0.29) is 18.4 Å². The monoisotopic (exact) mass is 278 g/mol. The number of nitrogens with one attached hydrogen (secondary N) is 2. The summed E-state index contributed by atoms with van der Waals surface area (Å²) in [5, 5.41) is 14.2. The van der Waals surface area contributed by atoms with Crippen LogP contribution in [0.25, 0.3) is 0 Å². The van der Waals surface area contributed by atoms with Gasteiger partial charge in [0.1, 0.15) is 0 Å². The SMILES string of the molecule is CC(C)CC(=O)Nc1ccc(NC(=O)CCCO)cc1. The Bertz CT molecular complexity index is 441. The van der Waals surface area contributed by atoms with E-state index in [1.807, 2.05) is 13.8 Å². The molecule has 1 aromatic rings. The van der Waals surface area contributed by atoms with Gasteiger partial charge in [0.2, 0.25) is 11.8 Å². The van der Waals surface area contributed by atoms with Gasteiger partial charge in [-0.25, -0.2) is 0 Å². The first kappa shape index (κ1) is 16.2. The van der Waals surface area contributed by atoms with Crippen molar-refractivity contribution >= 4 is 23.2 Å². The number of aliphatic hydroxyl groups is 1. The van der Waals surface area contributed by atoms with Crippen molar-refractivity contribution in [3.63, 3.8) is 0 Å². The molecule has 0 aliphatic carbocycles. The van der Waals surface area contributed by atoms with Gasteiger partial charge in [-0.15, -0.1) is 0 Å². The molecule has 0 spiro atoms. The van der Waals surface area contributed by atoms with E-state index in [0.29, 0.717) is 36.6 Å². The molecule has 0 radical (unpaired) electrons. The predicted molar refractivity (Wildman–Crippen MR) is 79.5 cm³/mol. The smallest absolute Gasteiger partial charge is 0.224 e. The van der Waals surface area contributed by atoms with Crippen LogP contribution in [0.5, 0.6) is 0 Å². The molecule has 20 heavy (non-hydrogen) atoms. The molecule has 0 aliphatic rings. The quantitative estimate of drug-likeness (QED) is 0.716. The first-order valence-electron chi connectivity index (χ1n) is 6.82. The van der Waals surface area contributed by atoms with Gasteiger partial charge in [0.25, 0.3) is 0 Å². The zero-order valence-corrected chi connectivity index (χ0v) is 12.0. The molecule has 0 saturated carbocycles.